The number of nitrogens with one attached hydrogen (secondary N) is 1. The number of ether oxygens (including phenoxy) is 2. The first-order valence-corrected chi connectivity index (χ1v) is 11.9. The van der Waals surface area contributed by atoms with E-state index in [1.54, 1.807) is 42.3 Å². The molecule has 1 aliphatic heterocycles. The first-order chi connectivity index (χ1) is 16.9. The third-order valence-electron chi connectivity index (χ3n) is 5.74. The molecular formula is C25H37ClN6O4. The van der Waals surface area contributed by atoms with Crippen molar-refractivity contribution in [3.05, 3.63) is 47.9 Å². The quantitative estimate of drug-likeness (QED) is 0.482. The topological polar surface area (TPSA) is 100 Å². The molecule has 3 heterocycles. The molecule has 198 valence electrons. The normalized spacial score (nSPS) is 13.4. The van der Waals surface area contributed by atoms with Crippen LogP contribution < -0.4 is 10.2 Å². The zero-order valence-corrected chi connectivity index (χ0v) is 22.3. The highest BCUT2D eigenvalue weighted by Gasteiger charge is 2.25. The molecule has 0 radical (unpaired) electrons. The van der Waals surface area contributed by atoms with E-state index < -0.39 is 0 Å². The molecule has 1 fully saturated rings. The van der Waals surface area contributed by atoms with E-state index in [4.69, 9.17) is 9.47 Å². The lowest BCUT2D eigenvalue weighted by atomic mass is 10.2. The summed E-state index contributed by atoms with van der Waals surface area (Å²) in [5.74, 6) is 0.599. The minimum absolute atomic E-state index is 0. The Morgan fingerprint density at radius 3 is 2.25 bits per heavy atom. The van der Waals surface area contributed by atoms with Crippen LogP contribution in [0.15, 0.2) is 36.7 Å². The van der Waals surface area contributed by atoms with E-state index in [0.717, 1.165) is 11.5 Å². The molecule has 0 bridgehead atoms. The van der Waals surface area contributed by atoms with Crippen LogP contribution in [-0.4, -0.2) is 104 Å². The largest absolute Gasteiger partial charge is 0.383 e. The van der Waals surface area contributed by atoms with Crippen LogP contribution in [0.3, 0.4) is 0 Å². The first-order valence-electron chi connectivity index (χ1n) is 11.9. The molecule has 0 aromatic carbocycles. The number of carbonyl (C=O) groups excluding carboxylic acids is 2. The summed E-state index contributed by atoms with van der Waals surface area (Å²) in [6.45, 7) is 8.45. The van der Waals surface area contributed by atoms with Gasteiger partial charge in [-0.15, -0.1) is 12.4 Å². The van der Waals surface area contributed by atoms with Crippen molar-refractivity contribution in [3.8, 4) is 0 Å². The Hall–Kier alpha value is -2.95. The van der Waals surface area contributed by atoms with Crippen LogP contribution in [-0.2, 0) is 9.47 Å². The molecule has 1 aliphatic rings. The molecule has 11 heteroatoms. The Morgan fingerprint density at radius 2 is 1.69 bits per heavy atom. The Balaban J connectivity index is 0.00000456. The maximum absolute atomic E-state index is 13.0. The second kappa shape index (κ2) is 14.6. The number of pyridine rings is 2. The standard InChI is InChI=1S/C25H36N6O4.ClH/c1-19(2)28-21-6-5-9-26-23(21)29-10-12-30(13-11-29)25(33)22-8-7-20(18-27-22)24(32)31(14-16-34-3)15-17-35-4;/h5-9,18-19,28H,10-17H2,1-4H3;1H. The summed E-state index contributed by atoms with van der Waals surface area (Å²) in [4.78, 5) is 40.4. The molecule has 36 heavy (non-hydrogen) atoms. The second-order valence-electron chi connectivity index (χ2n) is 8.66. The SMILES string of the molecule is COCCN(CCOC)C(=O)c1ccc(C(=O)N2CCN(c3ncccc3NC(C)C)CC2)nc1.Cl. The van der Waals surface area contributed by atoms with Crippen molar-refractivity contribution in [2.75, 3.05) is 76.9 Å². The van der Waals surface area contributed by atoms with Gasteiger partial charge >= 0.3 is 0 Å². The third-order valence-corrected chi connectivity index (χ3v) is 5.74. The molecule has 0 aliphatic carbocycles. The molecule has 0 saturated carbocycles. The summed E-state index contributed by atoms with van der Waals surface area (Å²) in [5.41, 5.74) is 1.75. The number of aromatic nitrogens is 2. The van der Waals surface area contributed by atoms with Gasteiger partial charge in [0.05, 0.1) is 24.5 Å². The summed E-state index contributed by atoms with van der Waals surface area (Å²) in [7, 11) is 3.19. The minimum atomic E-state index is -0.166. The monoisotopic (exact) mass is 520 g/mol. The molecule has 3 rings (SSSR count). The van der Waals surface area contributed by atoms with E-state index in [1.165, 1.54) is 6.20 Å². The number of halogens is 1. The molecule has 0 spiro atoms. The highest BCUT2D eigenvalue weighted by atomic mass is 35.5. The van der Waals surface area contributed by atoms with Crippen molar-refractivity contribution in [1.29, 1.82) is 0 Å². The van der Waals surface area contributed by atoms with E-state index >= 15 is 0 Å². The number of hydrogen-bond donors (Lipinski definition) is 1. The van der Waals surface area contributed by atoms with Gasteiger partial charge in [0.2, 0.25) is 0 Å². The van der Waals surface area contributed by atoms with Gasteiger partial charge in [-0.05, 0) is 38.1 Å². The van der Waals surface area contributed by atoms with Gasteiger partial charge in [-0.3, -0.25) is 14.6 Å². The Morgan fingerprint density at radius 1 is 1.03 bits per heavy atom. The van der Waals surface area contributed by atoms with Gasteiger partial charge in [-0.2, -0.15) is 0 Å². The van der Waals surface area contributed by atoms with Crippen molar-refractivity contribution in [1.82, 2.24) is 19.8 Å². The van der Waals surface area contributed by atoms with E-state index in [1.807, 2.05) is 12.1 Å². The van der Waals surface area contributed by atoms with Crippen LogP contribution in [0.5, 0.6) is 0 Å². The van der Waals surface area contributed by atoms with Gasteiger partial charge in [-0.1, -0.05) is 0 Å². The predicted octanol–water partition coefficient (Wildman–Crippen LogP) is 2.42. The number of piperazine rings is 1. The van der Waals surface area contributed by atoms with Gasteiger partial charge in [0, 0.05) is 71.9 Å². The van der Waals surface area contributed by atoms with Gasteiger partial charge in [0.1, 0.15) is 5.69 Å². The van der Waals surface area contributed by atoms with Crippen LogP contribution in [0.1, 0.15) is 34.7 Å². The van der Waals surface area contributed by atoms with Crippen molar-refractivity contribution in [3.63, 3.8) is 0 Å². The number of nitrogens with zero attached hydrogens (tertiary/aromatic N) is 5. The molecule has 2 aromatic heterocycles. The summed E-state index contributed by atoms with van der Waals surface area (Å²) in [6.07, 6.45) is 3.26. The van der Waals surface area contributed by atoms with Gasteiger partial charge in [-0.25, -0.2) is 4.98 Å². The van der Waals surface area contributed by atoms with Crippen LogP contribution in [0.2, 0.25) is 0 Å². The van der Waals surface area contributed by atoms with Crippen LogP contribution >= 0.6 is 12.4 Å². The summed E-state index contributed by atoms with van der Waals surface area (Å²) in [5, 5.41) is 3.44. The van der Waals surface area contributed by atoms with E-state index in [-0.39, 0.29) is 24.2 Å². The number of amides is 2. The fraction of sp³-hybridized carbons (Fsp3) is 0.520. The van der Waals surface area contributed by atoms with Gasteiger partial charge < -0.3 is 29.5 Å². The Kier molecular flexibility index (Phi) is 11.9. The van der Waals surface area contributed by atoms with Crippen LogP contribution in [0, 0.1) is 0 Å². The van der Waals surface area contributed by atoms with Crippen LogP contribution in [0.25, 0.3) is 0 Å². The maximum atomic E-state index is 13.0. The molecule has 2 aromatic rings. The van der Waals surface area contributed by atoms with Crippen molar-refractivity contribution >= 4 is 35.7 Å². The molecule has 10 nitrogen and oxygen atoms in total. The zero-order chi connectivity index (χ0) is 25.2. The minimum Gasteiger partial charge on any atom is -0.383 e. The van der Waals surface area contributed by atoms with Crippen molar-refractivity contribution in [2.24, 2.45) is 0 Å². The van der Waals surface area contributed by atoms with Gasteiger partial charge in [0.25, 0.3) is 11.8 Å². The van der Waals surface area contributed by atoms with Crippen molar-refractivity contribution < 1.29 is 19.1 Å². The number of rotatable bonds is 11. The van der Waals surface area contributed by atoms with E-state index in [0.29, 0.717) is 69.8 Å². The number of methoxy groups -OCH3 is 2. The lowest BCUT2D eigenvalue weighted by molar-refractivity contribution is 0.0626. The molecule has 1 saturated heterocycles. The van der Waals surface area contributed by atoms with Crippen LogP contribution in [0.4, 0.5) is 11.5 Å². The fourth-order valence-corrected chi connectivity index (χ4v) is 3.90. The molecule has 0 atom stereocenters. The second-order valence-corrected chi connectivity index (χ2v) is 8.66. The molecule has 0 unspecified atom stereocenters. The molecular weight excluding hydrogens is 484 g/mol. The van der Waals surface area contributed by atoms with E-state index in [9.17, 15) is 9.59 Å². The number of anilines is 2. The lowest BCUT2D eigenvalue weighted by Crippen LogP contribution is -2.49. The van der Waals surface area contributed by atoms with Crippen molar-refractivity contribution in [2.45, 2.75) is 19.9 Å². The average Bonchev–Trinajstić information content (AvgIpc) is 2.88. The molecule has 1 N–H and O–H groups in total. The number of hydrogen-bond acceptors (Lipinski definition) is 8. The Bertz CT molecular complexity index is 959. The summed E-state index contributed by atoms with van der Waals surface area (Å²) < 4.78 is 10.2. The molecule has 2 amide bonds. The highest BCUT2D eigenvalue weighted by molar-refractivity contribution is 5.96. The zero-order valence-electron chi connectivity index (χ0n) is 21.5. The van der Waals surface area contributed by atoms with E-state index in [2.05, 4.69) is 34.0 Å². The van der Waals surface area contributed by atoms with Gasteiger partial charge in [0.15, 0.2) is 5.82 Å². The lowest BCUT2D eigenvalue weighted by Gasteiger charge is -2.36. The highest BCUT2D eigenvalue weighted by Crippen LogP contribution is 2.24. The predicted molar refractivity (Wildman–Crippen MR) is 142 cm³/mol. The third kappa shape index (κ3) is 7.78. The fourth-order valence-electron chi connectivity index (χ4n) is 3.90. The Labute approximate surface area is 219 Å². The maximum Gasteiger partial charge on any atom is 0.272 e. The summed E-state index contributed by atoms with van der Waals surface area (Å²) in [6, 6.07) is 7.52. The number of carbonyl (C=O) groups is 2. The average molecular weight is 521 g/mol. The summed E-state index contributed by atoms with van der Waals surface area (Å²) >= 11 is 0. The smallest absolute Gasteiger partial charge is 0.272 e. The first kappa shape index (κ1) is 29.3.